The maximum absolute atomic E-state index is 12.0. The Hall–Kier alpha value is -4.08. The van der Waals surface area contributed by atoms with Crippen LogP contribution in [0.3, 0.4) is 0 Å². The number of aromatic nitrogens is 4. The van der Waals surface area contributed by atoms with E-state index in [9.17, 15) is 9.59 Å². The molecular weight excluding hydrogens is 376 g/mol. The lowest BCUT2D eigenvalue weighted by Crippen LogP contribution is -2.24. The molecule has 1 amide bonds. The van der Waals surface area contributed by atoms with Crippen molar-refractivity contribution in [2.24, 2.45) is 5.10 Å². The van der Waals surface area contributed by atoms with E-state index >= 15 is 0 Å². The van der Waals surface area contributed by atoms with Crippen molar-refractivity contribution < 1.29 is 19.1 Å². The zero-order valence-electron chi connectivity index (χ0n) is 15.8. The van der Waals surface area contributed by atoms with Gasteiger partial charge in [-0.15, -0.1) is 10.2 Å². The quantitative estimate of drug-likeness (QED) is 0.278. The fraction of sp³-hybridized carbons (Fsp3) is 0.158. The number of rotatable bonds is 7. The van der Waals surface area contributed by atoms with Gasteiger partial charge < -0.3 is 9.47 Å². The third kappa shape index (κ3) is 5.45. The lowest BCUT2D eigenvalue weighted by atomic mass is 10.2. The molecule has 1 N–H and O–H groups in total. The summed E-state index contributed by atoms with van der Waals surface area (Å²) in [4.78, 5) is 24.3. The van der Waals surface area contributed by atoms with Crippen LogP contribution in [0.2, 0.25) is 0 Å². The number of hydrogen-bond donors (Lipinski definition) is 1. The van der Waals surface area contributed by atoms with Crippen molar-refractivity contribution in [3.63, 3.8) is 0 Å². The molecule has 0 aliphatic rings. The van der Waals surface area contributed by atoms with Crippen LogP contribution < -0.4 is 14.9 Å². The third-order valence-corrected chi connectivity index (χ3v) is 3.61. The van der Waals surface area contributed by atoms with E-state index in [1.807, 2.05) is 30.3 Å². The van der Waals surface area contributed by atoms with Crippen LogP contribution in [-0.2, 0) is 16.1 Å². The third-order valence-electron chi connectivity index (χ3n) is 3.61. The molecule has 0 atom stereocenters. The summed E-state index contributed by atoms with van der Waals surface area (Å²) >= 11 is 0. The molecule has 3 rings (SSSR count). The first-order valence-corrected chi connectivity index (χ1v) is 8.57. The maximum atomic E-state index is 12.0. The van der Waals surface area contributed by atoms with Crippen molar-refractivity contribution in [2.75, 3.05) is 7.11 Å². The number of hydrogen-bond acceptors (Lipinski definition) is 8. The average Bonchev–Trinajstić information content (AvgIpc) is 3.17. The number of methoxy groups -OCH3 is 1. The topological polar surface area (TPSA) is 121 Å². The number of esters is 1. The van der Waals surface area contributed by atoms with Crippen LogP contribution in [0.5, 0.6) is 11.5 Å². The highest BCUT2D eigenvalue weighted by Gasteiger charge is 2.09. The Labute approximate surface area is 166 Å². The lowest BCUT2D eigenvalue weighted by molar-refractivity contribution is -0.132. The van der Waals surface area contributed by atoms with Crippen LogP contribution in [-0.4, -0.2) is 45.4 Å². The van der Waals surface area contributed by atoms with Crippen LogP contribution in [0, 0.1) is 0 Å². The fourth-order valence-electron chi connectivity index (χ4n) is 2.36. The Kier molecular flexibility index (Phi) is 6.25. The van der Waals surface area contributed by atoms with Crippen LogP contribution in [0.1, 0.15) is 12.5 Å². The summed E-state index contributed by atoms with van der Waals surface area (Å²) in [7, 11) is 1.46. The van der Waals surface area contributed by atoms with Crippen molar-refractivity contribution in [1.82, 2.24) is 25.6 Å². The van der Waals surface area contributed by atoms with Gasteiger partial charge in [-0.3, -0.25) is 9.59 Å². The number of tetrazole rings is 1. The number of carbonyl (C=O) groups excluding carboxylic acids is 2. The number of ether oxygens (including phenoxy) is 2. The molecule has 2 aromatic carbocycles. The summed E-state index contributed by atoms with van der Waals surface area (Å²) in [5.41, 5.74) is 3.84. The predicted octanol–water partition coefficient (Wildman–Crippen LogP) is 1.42. The van der Waals surface area contributed by atoms with Gasteiger partial charge in [0.2, 0.25) is 5.82 Å². The van der Waals surface area contributed by atoms with Gasteiger partial charge in [-0.05, 0) is 29.0 Å². The summed E-state index contributed by atoms with van der Waals surface area (Å²) in [5, 5.41) is 15.8. The molecule has 10 nitrogen and oxygen atoms in total. The van der Waals surface area contributed by atoms with E-state index in [4.69, 9.17) is 9.47 Å². The molecule has 0 aliphatic carbocycles. The van der Waals surface area contributed by atoms with Gasteiger partial charge in [0.15, 0.2) is 11.5 Å². The Bertz CT molecular complexity index is 1030. The molecule has 0 saturated carbocycles. The molecule has 29 heavy (non-hydrogen) atoms. The second-order valence-corrected chi connectivity index (χ2v) is 5.81. The molecule has 0 aliphatic heterocycles. The normalized spacial score (nSPS) is 10.7. The number of amides is 1. The number of carbonyl (C=O) groups is 2. The maximum Gasteiger partial charge on any atom is 0.308 e. The Morgan fingerprint density at radius 1 is 1.17 bits per heavy atom. The smallest absolute Gasteiger partial charge is 0.308 e. The fourth-order valence-corrected chi connectivity index (χ4v) is 2.36. The summed E-state index contributed by atoms with van der Waals surface area (Å²) in [6.07, 6.45) is 1.43. The Morgan fingerprint density at radius 2 is 1.97 bits per heavy atom. The number of benzene rings is 2. The summed E-state index contributed by atoms with van der Waals surface area (Å²) in [5.74, 6) is 0.237. The van der Waals surface area contributed by atoms with Crippen molar-refractivity contribution >= 4 is 18.1 Å². The van der Waals surface area contributed by atoms with Crippen molar-refractivity contribution in [1.29, 1.82) is 0 Å². The molecule has 0 fully saturated rings. The van der Waals surface area contributed by atoms with Gasteiger partial charge in [0.1, 0.15) is 6.54 Å². The average molecular weight is 394 g/mol. The van der Waals surface area contributed by atoms with Gasteiger partial charge in [0.25, 0.3) is 5.91 Å². The standard InChI is InChI=1S/C19H18N6O4/c1-13(26)29-16-9-8-14(10-17(16)28-2)11-20-21-18(27)12-25-23-19(22-24-25)15-6-4-3-5-7-15/h3-11H,12H2,1-2H3,(H,21,27)/b20-11+. The van der Waals surface area contributed by atoms with Crippen molar-refractivity contribution in [3.8, 4) is 22.9 Å². The summed E-state index contributed by atoms with van der Waals surface area (Å²) in [6.45, 7) is 1.17. The van der Waals surface area contributed by atoms with Gasteiger partial charge >= 0.3 is 5.97 Å². The van der Waals surface area contributed by atoms with Crippen molar-refractivity contribution in [2.45, 2.75) is 13.5 Å². The minimum Gasteiger partial charge on any atom is -0.493 e. The zero-order valence-corrected chi connectivity index (χ0v) is 15.8. The molecule has 10 heteroatoms. The van der Waals surface area contributed by atoms with E-state index in [0.717, 1.165) is 5.56 Å². The van der Waals surface area contributed by atoms with E-state index < -0.39 is 11.9 Å². The van der Waals surface area contributed by atoms with E-state index in [1.54, 1.807) is 18.2 Å². The first-order valence-electron chi connectivity index (χ1n) is 8.57. The molecular formula is C19H18N6O4. The first-order chi connectivity index (χ1) is 14.0. The molecule has 3 aromatic rings. The first kappa shape index (κ1) is 19.7. The van der Waals surface area contributed by atoms with E-state index in [0.29, 0.717) is 22.9 Å². The second kappa shape index (κ2) is 9.22. The van der Waals surface area contributed by atoms with Crippen LogP contribution in [0.25, 0.3) is 11.4 Å². The molecule has 1 aromatic heterocycles. The molecule has 0 spiro atoms. The molecule has 0 bridgehead atoms. The van der Waals surface area contributed by atoms with Crippen LogP contribution in [0.15, 0.2) is 53.6 Å². The highest BCUT2D eigenvalue weighted by Crippen LogP contribution is 2.27. The van der Waals surface area contributed by atoms with E-state index in [2.05, 4.69) is 25.9 Å². The largest absolute Gasteiger partial charge is 0.493 e. The van der Waals surface area contributed by atoms with E-state index in [1.165, 1.54) is 25.0 Å². The second-order valence-electron chi connectivity index (χ2n) is 5.81. The molecule has 0 radical (unpaired) electrons. The van der Waals surface area contributed by atoms with Crippen LogP contribution in [0.4, 0.5) is 0 Å². The predicted molar refractivity (Wildman–Crippen MR) is 103 cm³/mol. The van der Waals surface area contributed by atoms with Gasteiger partial charge in [-0.25, -0.2) is 5.43 Å². The molecule has 148 valence electrons. The minimum absolute atomic E-state index is 0.133. The SMILES string of the molecule is COc1cc(/C=N/NC(=O)Cn2nnc(-c3ccccc3)n2)ccc1OC(C)=O. The van der Waals surface area contributed by atoms with Gasteiger partial charge in [0, 0.05) is 12.5 Å². The lowest BCUT2D eigenvalue weighted by Gasteiger charge is -2.08. The van der Waals surface area contributed by atoms with Gasteiger partial charge in [0.05, 0.1) is 13.3 Å². The number of nitrogens with one attached hydrogen (secondary N) is 1. The molecule has 0 saturated heterocycles. The highest BCUT2D eigenvalue weighted by molar-refractivity contribution is 5.83. The molecule has 1 heterocycles. The zero-order chi connectivity index (χ0) is 20.6. The van der Waals surface area contributed by atoms with Gasteiger partial charge in [-0.1, -0.05) is 30.3 Å². The summed E-state index contributed by atoms with van der Waals surface area (Å²) < 4.78 is 10.2. The number of hydrazone groups is 1. The Balaban J connectivity index is 1.57. The monoisotopic (exact) mass is 394 g/mol. The van der Waals surface area contributed by atoms with E-state index in [-0.39, 0.29) is 6.54 Å². The summed E-state index contributed by atoms with van der Waals surface area (Å²) in [6, 6.07) is 14.2. The van der Waals surface area contributed by atoms with Gasteiger partial charge in [-0.2, -0.15) is 9.90 Å². The Morgan fingerprint density at radius 3 is 2.69 bits per heavy atom. The minimum atomic E-state index is -0.450. The van der Waals surface area contributed by atoms with Crippen molar-refractivity contribution in [3.05, 3.63) is 54.1 Å². The van der Waals surface area contributed by atoms with Crippen LogP contribution >= 0.6 is 0 Å². The highest BCUT2D eigenvalue weighted by atomic mass is 16.6. The molecule has 0 unspecified atom stereocenters. The number of nitrogens with zero attached hydrogens (tertiary/aromatic N) is 5.